The molecule has 4 aromatic rings. The molecule has 9 heteroatoms. The molecule has 190 valence electrons. The summed E-state index contributed by atoms with van der Waals surface area (Å²) in [6.07, 6.45) is -0.143. The molecule has 5 rings (SSSR count). The van der Waals surface area contributed by atoms with Crippen molar-refractivity contribution in [3.05, 3.63) is 87.8 Å². The standard InChI is InChI=1S/C28H25NO8/c1-33-18-9-7-16(8-10-18)14-29-24(30)13-20(17-11-22(34-2)27-23(12-17)35-15-36-27)25-26(31)19-5-3-4-6-21(19)37-28(25)32/h3-12,20,31H,13-15H2,1-2H3,(H,29,30). The van der Waals surface area contributed by atoms with E-state index in [4.69, 9.17) is 23.4 Å². The van der Waals surface area contributed by atoms with Crippen molar-refractivity contribution in [2.45, 2.75) is 18.9 Å². The average Bonchev–Trinajstić information content (AvgIpc) is 3.40. The first-order chi connectivity index (χ1) is 18.0. The van der Waals surface area contributed by atoms with Crippen molar-refractivity contribution < 1.29 is 33.3 Å². The van der Waals surface area contributed by atoms with Crippen LogP contribution in [-0.4, -0.2) is 32.0 Å². The summed E-state index contributed by atoms with van der Waals surface area (Å²) in [6, 6.07) is 17.3. The molecule has 1 atom stereocenters. The van der Waals surface area contributed by atoms with Crippen LogP contribution in [0.5, 0.6) is 28.7 Å². The maximum absolute atomic E-state index is 13.1. The van der Waals surface area contributed by atoms with Crippen molar-refractivity contribution in [1.29, 1.82) is 0 Å². The third kappa shape index (κ3) is 4.75. The smallest absolute Gasteiger partial charge is 0.343 e. The second-order valence-corrected chi connectivity index (χ2v) is 8.49. The maximum Gasteiger partial charge on any atom is 0.343 e. The van der Waals surface area contributed by atoms with Gasteiger partial charge < -0.3 is 33.8 Å². The Morgan fingerprint density at radius 2 is 1.84 bits per heavy atom. The van der Waals surface area contributed by atoms with Crippen LogP contribution in [0.25, 0.3) is 11.0 Å². The van der Waals surface area contributed by atoms with Crippen LogP contribution in [0.1, 0.15) is 29.0 Å². The highest BCUT2D eigenvalue weighted by Crippen LogP contribution is 2.46. The van der Waals surface area contributed by atoms with Gasteiger partial charge in [0.15, 0.2) is 11.5 Å². The van der Waals surface area contributed by atoms with Gasteiger partial charge in [-0.1, -0.05) is 24.3 Å². The number of ether oxygens (including phenoxy) is 4. The summed E-state index contributed by atoms with van der Waals surface area (Å²) in [5, 5.41) is 14.4. The summed E-state index contributed by atoms with van der Waals surface area (Å²) in [4.78, 5) is 26.3. The Balaban J connectivity index is 1.52. The van der Waals surface area contributed by atoms with Gasteiger partial charge in [-0.3, -0.25) is 4.79 Å². The molecular formula is C28H25NO8. The normalized spacial score (nSPS) is 12.8. The Morgan fingerprint density at radius 3 is 2.59 bits per heavy atom. The molecule has 9 nitrogen and oxygen atoms in total. The highest BCUT2D eigenvalue weighted by atomic mass is 16.7. The lowest BCUT2D eigenvalue weighted by Crippen LogP contribution is -2.26. The van der Waals surface area contributed by atoms with E-state index in [2.05, 4.69) is 5.32 Å². The highest BCUT2D eigenvalue weighted by molar-refractivity contribution is 5.85. The minimum absolute atomic E-state index is 0.0194. The first-order valence-corrected chi connectivity index (χ1v) is 11.6. The number of amides is 1. The van der Waals surface area contributed by atoms with Gasteiger partial charge in [0.05, 0.1) is 25.2 Å². The van der Waals surface area contributed by atoms with Gasteiger partial charge >= 0.3 is 5.63 Å². The predicted molar refractivity (Wildman–Crippen MR) is 135 cm³/mol. The van der Waals surface area contributed by atoms with Crippen LogP contribution in [0.15, 0.2) is 69.9 Å². The van der Waals surface area contributed by atoms with E-state index in [1.165, 1.54) is 7.11 Å². The summed E-state index contributed by atoms with van der Waals surface area (Å²) >= 11 is 0. The fourth-order valence-electron chi connectivity index (χ4n) is 4.39. The Kier molecular flexibility index (Phi) is 6.59. The summed E-state index contributed by atoms with van der Waals surface area (Å²) in [7, 11) is 3.07. The van der Waals surface area contributed by atoms with Gasteiger partial charge in [-0.2, -0.15) is 0 Å². The minimum atomic E-state index is -0.861. The third-order valence-corrected chi connectivity index (χ3v) is 6.29. The van der Waals surface area contributed by atoms with Crippen LogP contribution in [0.3, 0.4) is 0 Å². The van der Waals surface area contributed by atoms with E-state index in [0.717, 1.165) is 5.56 Å². The molecule has 0 fully saturated rings. The van der Waals surface area contributed by atoms with Gasteiger partial charge in [-0.05, 0) is 47.5 Å². The Bertz CT molecular complexity index is 1510. The molecule has 0 aliphatic carbocycles. The second-order valence-electron chi connectivity index (χ2n) is 8.49. The van der Waals surface area contributed by atoms with E-state index < -0.39 is 11.5 Å². The molecule has 0 saturated heterocycles. The summed E-state index contributed by atoms with van der Waals surface area (Å²) < 4.78 is 27.2. The Hall–Kier alpha value is -4.66. The minimum Gasteiger partial charge on any atom is -0.507 e. The number of para-hydroxylation sites is 1. The highest BCUT2D eigenvalue weighted by Gasteiger charge is 2.30. The molecule has 1 aliphatic rings. The van der Waals surface area contributed by atoms with Crippen molar-refractivity contribution in [2.75, 3.05) is 21.0 Å². The summed E-state index contributed by atoms with van der Waals surface area (Å²) in [6.45, 7) is 0.295. The number of fused-ring (bicyclic) bond motifs is 2. The lowest BCUT2D eigenvalue weighted by atomic mass is 9.87. The Labute approximate surface area is 212 Å². The second kappa shape index (κ2) is 10.1. The van der Waals surface area contributed by atoms with Crippen molar-refractivity contribution in [1.82, 2.24) is 5.32 Å². The van der Waals surface area contributed by atoms with Gasteiger partial charge in [-0.15, -0.1) is 0 Å². The molecule has 3 aromatic carbocycles. The quantitative estimate of drug-likeness (QED) is 0.346. The number of methoxy groups -OCH3 is 2. The first kappa shape index (κ1) is 24.1. The molecule has 2 heterocycles. The maximum atomic E-state index is 13.1. The Morgan fingerprint density at radius 1 is 1.05 bits per heavy atom. The third-order valence-electron chi connectivity index (χ3n) is 6.29. The molecule has 1 amide bonds. The van der Waals surface area contributed by atoms with Crippen molar-refractivity contribution in [2.24, 2.45) is 0 Å². The van der Waals surface area contributed by atoms with Crippen LogP contribution in [0, 0.1) is 0 Å². The molecule has 0 radical (unpaired) electrons. The molecule has 0 spiro atoms. The van der Waals surface area contributed by atoms with Crippen LogP contribution >= 0.6 is 0 Å². The van der Waals surface area contributed by atoms with Gasteiger partial charge in [0.25, 0.3) is 0 Å². The number of benzene rings is 3. The van der Waals surface area contributed by atoms with E-state index in [-0.39, 0.29) is 42.6 Å². The number of aromatic hydroxyl groups is 1. The largest absolute Gasteiger partial charge is 0.507 e. The lowest BCUT2D eigenvalue weighted by molar-refractivity contribution is -0.121. The molecule has 37 heavy (non-hydrogen) atoms. The average molecular weight is 504 g/mol. The predicted octanol–water partition coefficient (Wildman–Crippen LogP) is 4.08. The molecule has 0 saturated carbocycles. The number of rotatable bonds is 8. The van der Waals surface area contributed by atoms with Gasteiger partial charge in [0, 0.05) is 18.9 Å². The van der Waals surface area contributed by atoms with E-state index >= 15 is 0 Å². The molecule has 1 unspecified atom stereocenters. The van der Waals surface area contributed by atoms with Gasteiger partial charge in [0.1, 0.15) is 17.1 Å². The van der Waals surface area contributed by atoms with E-state index in [1.807, 2.05) is 24.3 Å². The van der Waals surface area contributed by atoms with Crippen LogP contribution < -0.4 is 29.9 Å². The summed E-state index contributed by atoms with van der Waals surface area (Å²) in [5.74, 6) is 0.524. The topological polar surface area (TPSA) is 116 Å². The zero-order valence-corrected chi connectivity index (χ0v) is 20.3. The molecule has 1 aromatic heterocycles. The van der Waals surface area contributed by atoms with E-state index in [0.29, 0.717) is 33.9 Å². The van der Waals surface area contributed by atoms with Crippen molar-refractivity contribution in [3.8, 4) is 28.7 Å². The number of carbonyl (C=O) groups is 1. The molecule has 2 N–H and O–H groups in total. The monoisotopic (exact) mass is 503 g/mol. The van der Waals surface area contributed by atoms with Crippen LogP contribution in [-0.2, 0) is 11.3 Å². The number of carbonyl (C=O) groups excluding carboxylic acids is 1. The van der Waals surface area contributed by atoms with E-state index in [1.54, 1.807) is 43.5 Å². The SMILES string of the molecule is COc1ccc(CNC(=O)CC(c2cc(OC)c3c(c2)OCO3)c2c(O)c3ccccc3oc2=O)cc1. The van der Waals surface area contributed by atoms with Gasteiger partial charge in [0.2, 0.25) is 18.4 Å². The zero-order chi connectivity index (χ0) is 25.9. The summed E-state index contributed by atoms with van der Waals surface area (Å²) in [5.41, 5.74) is 0.891. The van der Waals surface area contributed by atoms with Crippen LogP contribution in [0.4, 0.5) is 0 Å². The number of nitrogens with one attached hydrogen (secondary N) is 1. The molecule has 0 bridgehead atoms. The number of hydrogen-bond donors (Lipinski definition) is 2. The fraction of sp³-hybridized carbons (Fsp3) is 0.214. The lowest BCUT2D eigenvalue weighted by Gasteiger charge is -2.20. The van der Waals surface area contributed by atoms with Crippen molar-refractivity contribution in [3.63, 3.8) is 0 Å². The number of hydrogen-bond acceptors (Lipinski definition) is 8. The van der Waals surface area contributed by atoms with Crippen molar-refractivity contribution >= 4 is 16.9 Å². The fourth-order valence-corrected chi connectivity index (χ4v) is 4.39. The first-order valence-electron chi connectivity index (χ1n) is 11.6. The van der Waals surface area contributed by atoms with E-state index in [9.17, 15) is 14.7 Å². The molecular weight excluding hydrogens is 478 g/mol. The van der Waals surface area contributed by atoms with Crippen LogP contribution in [0.2, 0.25) is 0 Å². The van der Waals surface area contributed by atoms with Gasteiger partial charge in [-0.25, -0.2) is 4.79 Å². The molecule has 1 aliphatic heterocycles. The zero-order valence-electron chi connectivity index (χ0n) is 20.3.